The highest BCUT2D eigenvalue weighted by Gasteiger charge is 2.34. The Morgan fingerprint density at radius 2 is 1.55 bits per heavy atom. The van der Waals surface area contributed by atoms with Gasteiger partial charge in [-0.3, -0.25) is 4.79 Å². The van der Waals surface area contributed by atoms with Gasteiger partial charge in [0.15, 0.2) is 6.10 Å². The number of amides is 1. The van der Waals surface area contributed by atoms with E-state index in [1.165, 1.54) is 12.1 Å². The number of aliphatic carboxylic acids is 1. The van der Waals surface area contributed by atoms with Gasteiger partial charge >= 0.3 is 5.97 Å². The molecule has 1 unspecified atom stereocenters. The van der Waals surface area contributed by atoms with Gasteiger partial charge in [-0.1, -0.05) is 35.9 Å². The van der Waals surface area contributed by atoms with Crippen LogP contribution in [-0.2, 0) is 22.4 Å². The molecular weight excluding hydrogens is 481 g/mol. The summed E-state index contributed by atoms with van der Waals surface area (Å²) in [7, 11) is 0. The van der Waals surface area contributed by atoms with Crippen LogP contribution in [0.25, 0.3) is 11.1 Å². The van der Waals surface area contributed by atoms with Gasteiger partial charge in [-0.15, -0.1) is 0 Å². The Bertz CT molecular complexity index is 1370. The predicted molar refractivity (Wildman–Crippen MR) is 147 cm³/mol. The van der Waals surface area contributed by atoms with Gasteiger partial charge in [0.1, 0.15) is 5.82 Å². The number of benzene rings is 3. The van der Waals surface area contributed by atoms with Crippen LogP contribution in [0.2, 0.25) is 0 Å². The highest BCUT2D eigenvalue weighted by molar-refractivity contribution is 5.94. The number of nitrogens with zero attached hydrogens (tertiary/aromatic N) is 1. The number of hydrogen-bond donors (Lipinski definition) is 1. The molecule has 1 N–H and O–H groups in total. The maximum atomic E-state index is 13.8. The number of halogens is 1. The molecule has 0 fully saturated rings. The second kappa shape index (κ2) is 10.7. The fourth-order valence-electron chi connectivity index (χ4n) is 5.45. The quantitative estimate of drug-likeness (QED) is 0.414. The zero-order chi connectivity index (χ0) is 27.8. The highest BCUT2D eigenvalue weighted by Crippen LogP contribution is 2.42. The number of fused-ring (bicyclic) bond motifs is 1. The molecule has 1 aliphatic heterocycles. The van der Waals surface area contributed by atoms with Crippen molar-refractivity contribution in [2.75, 3.05) is 13.1 Å². The maximum absolute atomic E-state index is 13.8. The smallest absolute Gasteiger partial charge is 0.337 e. The van der Waals surface area contributed by atoms with Crippen LogP contribution in [0.5, 0.6) is 0 Å². The average molecular weight is 518 g/mol. The van der Waals surface area contributed by atoms with Crippen molar-refractivity contribution in [2.24, 2.45) is 0 Å². The van der Waals surface area contributed by atoms with E-state index in [1.807, 2.05) is 65.8 Å². The molecule has 0 bridgehead atoms. The molecule has 0 aliphatic carbocycles. The van der Waals surface area contributed by atoms with Gasteiger partial charge < -0.3 is 14.7 Å². The van der Waals surface area contributed by atoms with Crippen molar-refractivity contribution in [3.8, 4) is 11.1 Å². The first-order valence-electron chi connectivity index (χ1n) is 13.0. The Morgan fingerprint density at radius 3 is 2.11 bits per heavy atom. The number of carbonyl (C=O) groups is 2. The van der Waals surface area contributed by atoms with Crippen LogP contribution in [0.15, 0.2) is 48.5 Å². The molecule has 0 spiro atoms. The zero-order valence-electron chi connectivity index (χ0n) is 23.0. The molecule has 3 aromatic rings. The van der Waals surface area contributed by atoms with Crippen LogP contribution in [-0.4, -0.2) is 40.6 Å². The van der Waals surface area contributed by atoms with Gasteiger partial charge in [0.25, 0.3) is 5.91 Å². The summed E-state index contributed by atoms with van der Waals surface area (Å²) >= 11 is 0. The van der Waals surface area contributed by atoms with E-state index in [2.05, 4.69) is 0 Å². The number of carbonyl (C=O) groups excluding carboxylic acids is 1. The Balaban J connectivity index is 1.85. The summed E-state index contributed by atoms with van der Waals surface area (Å²) < 4.78 is 20.0. The van der Waals surface area contributed by atoms with Crippen LogP contribution < -0.4 is 0 Å². The van der Waals surface area contributed by atoms with E-state index in [0.29, 0.717) is 37.1 Å². The van der Waals surface area contributed by atoms with Gasteiger partial charge in [0.2, 0.25) is 0 Å². The molecule has 200 valence electrons. The van der Waals surface area contributed by atoms with Crippen LogP contribution in [0.4, 0.5) is 4.39 Å². The fourth-order valence-corrected chi connectivity index (χ4v) is 5.45. The summed E-state index contributed by atoms with van der Waals surface area (Å²) in [6, 6.07) is 13.9. The fraction of sp³-hybridized carbons (Fsp3) is 0.375. The minimum Gasteiger partial charge on any atom is -0.479 e. The molecule has 0 saturated carbocycles. The zero-order valence-corrected chi connectivity index (χ0v) is 23.0. The third kappa shape index (κ3) is 5.65. The van der Waals surface area contributed by atoms with E-state index >= 15 is 0 Å². The summed E-state index contributed by atoms with van der Waals surface area (Å²) in [4.78, 5) is 27.6. The van der Waals surface area contributed by atoms with Gasteiger partial charge in [-0.25, -0.2) is 9.18 Å². The lowest BCUT2D eigenvalue weighted by atomic mass is 9.81. The summed E-state index contributed by atoms with van der Waals surface area (Å²) in [5.41, 5.74) is 7.35. The van der Waals surface area contributed by atoms with E-state index in [-0.39, 0.29) is 5.91 Å². The SMILES string of the molecule is Cc1ccc(-c2c(C)c3c(c(C)c2C(OC(C)(C)C)C(=O)O)CCN(C(=O)c2cccc(F)c2)CC3)cc1. The molecule has 5 nitrogen and oxygen atoms in total. The average Bonchev–Trinajstić information content (AvgIpc) is 3.08. The second-order valence-corrected chi connectivity index (χ2v) is 11.1. The summed E-state index contributed by atoms with van der Waals surface area (Å²) in [5, 5.41) is 10.3. The van der Waals surface area contributed by atoms with Gasteiger partial charge in [0.05, 0.1) is 5.60 Å². The molecule has 1 amide bonds. The first kappa shape index (κ1) is 27.5. The van der Waals surface area contributed by atoms with Crippen LogP contribution >= 0.6 is 0 Å². The number of carboxylic acid groups (broad SMARTS) is 1. The lowest BCUT2D eigenvalue weighted by molar-refractivity contribution is -0.160. The van der Waals surface area contributed by atoms with Crippen molar-refractivity contribution in [2.45, 2.75) is 66.1 Å². The summed E-state index contributed by atoms with van der Waals surface area (Å²) in [6.07, 6.45) is 0.0511. The van der Waals surface area contributed by atoms with Crippen molar-refractivity contribution in [1.29, 1.82) is 0 Å². The molecule has 4 rings (SSSR count). The molecule has 1 atom stereocenters. The van der Waals surface area contributed by atoms with Crippen molar-refractivity contribution in [3.63, 3.8) is 0 Å². The molecule has 0 aromatic heterocycles. The standard InChI is InChI=1S/C32H36FNO4/c1-19-10-12-22(13-11-19)27-20(2)25-14-16-34(30(35)23-8-7-9-24(33)18-23)17-15-26(25)21(3)28(27)29(31(36)37)38-32(4,5)6/h7-13,18,29H,14-17H2,1-6H3,(H,36,37). The normalized spacial score (nSPS) is 14.6. The van der Waals surface area contributed by atoms with Crippen LogP contribution in [0, 0.1) is 26.6 Å². The predicted octanol–water partition coefficient (Wildman–Crippen LogP) is 6.60. The first-order valence-corrected chi connectivity index (χ1v) is 13.0. The molecule has 6 heteroatoms. The highest BCUT2D eigenvalue weighted by atomic mass is 19.1. The third-order valence-corrected chi connectivity index (χ3v) is 7.24. The molecule has 1 heterocycles. The number of carboxylic acids is 1. The van der Waals surface area contributed by atoms with Crippen LogP contribution in [0.1, 0.15) is 70.6 Å². The van der Waals surface area contributed by atoms with Crippen molar-refractivity contribution in [1.82, 2.24) is 4.90 Å². The summed E-state index contributed by atoms with van der Waals surface area (Å²) in [5.74, 6) is -1.68. The van der Waals surface area contributed by atoms with E-state index in [9.17, 15) is 19.1 Å². The van der Waals surface area contributed by atoms with E-state index in [4.69, 9.17) is 4.74 Å². The molecule has 0 radical (unpaired) electrons. The second-order valence-electron chi connectivity index (χ2n) is 11.1. The lowest BCUT2D eigenvalue weighted by Gasteiger charge is -2.30. The van der Waals surface area contributed by atoms with E-state index in [0.717, 1.165) is 38.9 Å². The molecule has 38 heavy (non-hydrogen) atoms. The van der Waals surface area contributed by atoms with Gasteiger partial charge in [0, 0.05) is 24.2 Å². The Hall–Kier alpha value is -3.51. The maximum Gasteiger partial charge on any atom is 0.337 e. The van der Waals surface area contributed by atoms with Gasteiger partial charge in [-0.05, 0) is 106 Å². The molecule has 1 aliphatic rings. The first-order chi connectivity index (χ1) is 17.9. The monoisotopic (exact) mass is 517 g/mol. The summed E-state index contributed by atoms with van der Waals surface area (Å²) in [6.45, 7) is 12.6. The molecular formula is C32H36FNO4. The van der Waals surface area contributed by atoms with E-state index in [1.54, 1.807) is 17.0 Å². The Morgan fingerprint density at radius 1 is 0.947 bits per heavy atom. The topological polar surface area (TPSA) is 66.8 Å². The minimum atomic E-state index is -1.15. The minimum absolute atomic E-state index is 0.203. The number of hydrogen-bond acceptors (Lipinski definition) is 3. The van der Waals surface area contributed by atoms with Crippen molar-refractivity contribution >= 4 is 11.9 Å². The number of aryl methyl sites for hydroxylation is 1. The molecule has 3 aromatic carbocycles. The Kier molecular flexibility index (Phi) is 7.75. The van der Waals surface area contributed by atoms with E-state index < -0.39 is 23.5 Å². The van der Waals surface area contributed by atoms with Crippen molar-refractivity contribution in [3.05, 3.63) is 93.3 Å². The third-order valence-electron chi connectivity index (χ3n) is 7.24. The molecule has 0 saturated heterocycles. The number of rotatable bonds is 5. The largest absolute Gasteiger partial charge is 0.479 e. The van der Waals surface area contributed by atoms with Crippen molar-refractivity contribution < 1.29 is 23.8 Å². The number of ether oxygens (including phenoxy) is 1. The Labute approximate surface area is 224 Å². The van der Waals surface area contributed by atoms with Gasteiger partial charge in [-0.2, -0.15) is 0 Å². The van der Waals surface area contributed by atoms with Crippen LogP contribution in [0.3, 0.4) is 0 Å². The lowest BCUT2D eigenvalue weighted by Crippen LogP contribution is -2.33.